The van der Waals surface area contributed by atoms with Crippen LogP contribution >= 0.6 is 0 Å². The second-order valence-corrected chi connectivity index (χ2v) is 5.80. The van der Waals surface area contributed by atoms with Crippen LogP contribution in [-0.4, -0.2) is 60.2 Å². The summed E-state index contributed by atoms with van der Waals surface area (Å²) in [6.07, 6.45) is 3.22. The van der Waals surface area contributed by atoms with E-state index in [1.807, 2.05) is 17.0 Å². The quantitative estimate of drug-likeness (QED) is 0.796. The van der Waals surface area contributed by atoms with Gasteiger partial charge in [0.05, 0.1) is 17.8 Å². The fourth-order valence-corrected chi connectivity index (χ4v) is 2.85. The summed E-state index contributed by atoms with van der Waals surface area (Å²) in [7, 11) is 1.59. The standard InChI is InChI=1S/C15H20N4O3/c1-17(10-20)15(22)11-8-18(9-11)13-5-4-12(7-16-13)19-6-2-3-14(19)21/h4-5,7,11,20H,2-3,6,8-10H2,1H3. The first-order valence-electron chi connectivity index (χ1n) is 7.47. The molecule has 7 nitrogen and oxygen atoms in total. The third-order valence-corrected chi connectivity index (χ3v) is 4.26. The fraction of sp³-hybridized carbons (Fsp3) is 0.533. The molecule has 2 aliphatic rings. The predicted molar refractivity (Wildman–Crippen MR) is 81.4 cm³/mol. The molecule has 0 atom stereocenters. The van der Waals surface area contributed by atoms with Crippen LogP contribution in [0.4, 0.5) is 11.5 Å². The number of anilines is 2. The number of nitrogens with zero attached hydrogens (tertiary/aromatic N) is 4. The monoisotopic (exact) mass is 304 g/mol. The third-order valence-electron chi connectivity index (χ3n) is 4.26. The average molecular weight is 304 g/mol. The van der Waals surface area contributed by atoms with Crippen LogP contribution < -0.4 is 9.80 Å². The minimum atomic E-state index is -0.258. The molecular formula is C15H20N4O3. The summed E-state index contributed by atoms with van der Waals surface area (Å²) in [4.78, 5) is 33.1. The van der Waals surface area contributed by atoms with E-state index in [1.165, 1.54) is 4.90 Å². The highest BCUT2D eigenvalue weighted by atomic mass is 16.3. The molecule has 0 spiro atoms. The van der Waals surface area contributed by atoms with E-state index in [9.17, 15) is 9.59 Å². The van der Waals surface area contributed by atoms with Crippen molar-refractivity contribution < 1.29 is 14.7 Å². The van der Waals surface area contributed by atoms with Gasteiger partial charge in [0.1, 0.15) is 12.5 Å². The van der Waals surface area contributed by atoms with Gasteiger partial charge >= 0.3 is 0 Å². The molecule has 2 amide bonds. The van der Waals surface area contributed by atoms with Crippen LogP contribution in [0.1, 0.15) is 12.8 Å². The molecule has 2 fully saturated rings. The van der Waals surface area contributed by atoms with E-state index in [1.54, 1.807) is 18.1 Å². The van der Waals surface area contributed by atoms with E-state index in [-0.39, 0.29) is 24.5 Å². The lowest BCUT2D eigenvalue weighted by atomic mass is 9.99. The minimum absolute atomic E-state index is 0.0435. The Morgan fingerprint density at radius 3 is 2.77 bits per heavy atom. The van der Waals surface area contributed by atoms with Crippen molar-refractivity contribution in [2.75, 3.05) is 43.2 Å². The van der Waals surface area contributed by atoms with E-state index in [0.29, 0.717) is 19.5 Å². The number of aromatic nitrogens is 1. The second-order valence-electron chi connectivity index (χ2n) is 5.80. The Labute approximate surface area is 129 Å². The van der Waals surface area contributed by atoms with E-state index in [2.05, 4.69) is 4.98 Å². The number of carbonyl (C=O) groups excluding carboxylic acids is 2. The highest BCUT2D eigenvalue weighted by molar-refractivity contribution is 5.95. The molecule has 3 rings (SSSR count). The van der Waals surface area contributed by atoms with E-state index >= 15 is 0 Å². The van der Waals surface area contributed by atoms with Gasteiger partial charge in [0, 0.05) is 33.1 Å². The minimum Gasteiger partial charge on any atom is -0.376 e. The van der Waals surface area contributed by atoms with Crippen molar-refractivity contribution in [2.24, 2.45) is 5.92 Å². The number of aliphatic hydroxyl groups is 1. The van der Waals surface area contributed by atoms with Gasteiger partial charge in [0.15, 0.2) is 0 Å². The van der Waals surface area contributed by atoms with Crippen molar-refractivity contribution in [1.82, 2.24) is 9.88 Å². The normalized spacial score (nSPS) is 18.5. The number of pyridine rings is 1. The number of hydrogen-bond acceptors (Lipinski definition) is 5. The van der Waals surface area contributed by atoms with Crippen molar-refractivity contribution in [3.05, 3.63) is 18.3 Å². The molecule has 2 saturated heterocycles. The summed E-state index contributed by atoms with van der Waals surface area (Å²) in [5.74, 6) is 0.833. The zero-order valence-corrected chi connectivity index (χ0v) is 12.6. The molecule has 1 aromatic heterocycles. The summed E-state index contributed by atoms with van der Waals surface area (Å²) in [5.41, 5.74) is 0.833. The lowest BCUT2D eigenvalue weighted by Gasteiger charge is -2.40. The fourth-order valence-electron chi connectivity index (χ4n) is 2.85. The predicted octanol–water partition coefficient (Wildman–Crippen LogP) is 0.0528. The maximum absolute atomic E-state index is 11.9. The molecule has 118 valence electrons. The first-order chi connectivity index (χ1) is 10.6. The topological polar surface area (TPSA) is 77.0 Å². The Hall–Kier alpha value is -2.15. The first kappa shape index (κ1) is 14.8. The molecule has 7 heteroatoms. The van der Waals surface area contributed by atoms with E-state index in [4.69, 9.17) is 5.11 Å². The molecule has 0 aliphatic carbocycles. The molecule has 2 aliphatic heterocycles. The third kappa shape index (κ3) is 2.64. The molecule has 0 bridgehead atoms. The number of amides is 2. The molecule has 0 unspecified atom stereocenters. The van der Waals surface area contributed by atoms with Crippen LogP contribution in [0.2, 0.25) is 0 Å². The Morgan fingerprint density at radius 2 is 2.23 bits per heavy atom. The van der Waals surface area contributed by atoms with Crippen molar-refractivity contribution in [3.63, 3.8) is 0 Å². The Balaban J connectivity index is 1.59. The highest BCUT2D eigenvalue weighted by Crippen LogP contribution is 2.27. The summed E-state index contributed by atoms with van der Waals surface area (Å²) in [5, 5.41) is 8.96. The van der Waals surface area contributed by atoms with Crippen LogP contribution in [0, 0.1) is 5.92 Å². The number of hydrogen-bond donors (Lipinski definition) is 1. The number of carbonyl (C=O) groups is 2. The van der Waals surface area contributed by atoms with Gasteiger partial charge in [-0.25, -0.2) is 4.98 Å². The lowest BCUT2D eigenvalue weighted by molar-refractivity contribution is -0.138. The van der Waals surface area contributed by atoms with Crippen LogP contribution in [0.5, 0.6) is 0 Å². The summed E-state index contributed by atoms with van der Waals surface area (Å²) in [6, 6.07) is 3.79. The molecule has 1 N–H and O–H groups in total. The lowest BCUT2D eigenvalue weighted by Crippen LogP contribution is -2.54. The first-order valence-corrected chi connectivity index (χ1v) is 7.47. The van der Waals surface area contributed by atoms with Crippen LogP contribution in [0.3, 0.4) is 0 Å². The molecule has 0 saturated carbocycles. The van der Waals surface area contributed by atoms with Crippen molar-refractivity contribution in [3.8, 4) is 0 Å². The smallest absolute Gasteiger partial charge is 0.230 e. The van der Waals surface area contributed by atoms with Crippen molar-refractivity contribution in [1.29, 1.82) is 0 Å². The van der Waals surface area contributed by atoms with Gasteiger partial charge in [-0.3, -0.25) is 9.59 Å². The largest absolute Gasteiger partial charge is 0.376 e. The van der Waals surface area contributed by atoms with E-state index < -0.39 is 0 Å². The van der Waals surface area contributed by atoms with Crippen molar-refractivity contribution in [2.45, 2.75) is 12.8 Å². The van der Waals surface area contributed by atoms with Crippen LogP contribution in [0.15, 0.2) is 18.3 Å². The van der Waals surface area contributed by atoms with Gasteiger partial charge in [-0.1, -0.05) is 0 Å². The van der Waals surface area contributed by atoms with Gasteiger partial charge in [-0.05, 0) is 18.6 Å². The maximum atomic E-state index is 11.9. The molecule has 1 aromatic rings. The SMILES string of the molecule is CN(CO)C(=O)C1CN(c2ccc(N3CCCC3=O)cn2)C1. The van der Waals surface area contributed by atoms with Gasteiger partial charge in [-0.2, -0.15) is 0 Å². The summed E-state index contributed by atoms with van der Waals surface area (Å²) in [6.45, 7) is 1.72. The van der Waals surface area contributed by atoms with Gasteiger partial charge in [0.25, 0.3) is 0 Å². The average Bonchev–Trinajstić information content (AvgIpc) is 2.91. The number of rotatable bonds is 4. The molecule has 22 heavy (non-hydrogen) atoms. The Bertz CT molecular complexity index is 569. The van der Waals surface area contributed by atoms with Crippen LogP contribution in [0.25, 0.3) is 0 Å². The molecule has 0 aromatic carbocycles. The Kier molecular flexibility index (Phi) is 3.98. The molecular weight excluding hydrogens is 284 g/mol. The van der Waals surface area contributed by atoms with Crippen molar-refractivity contribution >= 4 is 23.3 Å². The zero-order valence-electron chi connectivity index (χ0n) is 12.6. The van der Waals surface area contributed by atoms with Crippen LogP contribution in [-0.2, 0) is 9.59 Å². The summed E-state index contributed by atoms with van der Waals surface area (Å²) >= 11 is 0. The van der Waals surface area contributed by atoms with Gasteiger partial charge < -0.3 is 19.8 Å². The summed E-state index contributed by atoms with van der Waals surface area (Å²) < 4.78 is 0. The van der Waals surface area contributed by atoms with E-state index in [0.717, 1.165) is 24.5 Å². The van der Waals surface area contributed by atoms with Gasteiger partial charge in [-0.15, -0.1) is 0 Å². The zero-order chi connectivity index (χ0) is 15.7. The maximum Gasteiger partial charge on any atom is 0.230 e. The van der Waals surface area contributed by atoms with Gasteiger partial charge in [0.2, 0.25) is 11.8 Å². The number of aliphatic hydroxyl groups excluding tert-OH is 1. The molecule has 3 heterocycles. The molecule has 0 radical (unpaired) electrons. The second kappa shape index (κ2) is 5.92. The Morgan fingerprint density at radius 1 is 1.45 bits per heavy atom. The highest BCUT2D eigenvalue weighted by Gasteiger charge is 2.35.